The Kier molecular flexibility index (Phi) is 5.12. The lowest BCUT2D eigenvalue weighted by Gasteiger charge is -2.26. The number of carbonyl (C=O) groups excluding carboxylic acids is 2. The monoisotopic (exact) mass is 261 g/mol. The highest BCUT2D eigenvalue weighted by molar-refractivity contribution is 7.47. The van der Waals surface area contributed by atoms with E-state index in [0.29, 0.717) is 0 Å². The lowest BCUT2D eigenvalue weighted by atomic mass is 9.07. The van der Waals surface area contributed by atoms with Crippen molar-refractivity contribution in [3.63, 3.8) is 0 Å². The molecule has 2 rings (SSSR count). The van der Waals surface area contributed by atoms with Gasteiger partial charge in [0.25, 0.3) is 0 Å². The Morgan fingerprint density at radius 2 is 1.32 bits per heavy atom. The van der Waals surface area contributed by atoms with E-state index in [1.807, 2.05) is 0 Å². The summed E-state index contributed by atoms with van der Waals surface area (Å²) in [6, 6.07) is 0.121. The topological polar surface area (TPSA) is 37.4 Å². The molecule has 0 unspecified atom stereocenters. The molecule has 0 aromatic carbocycles. The van der Waals surface area contributed by atoms with Crippen molar-refractivity contribution in [2.45, 2.75) is 77.5 Å². The van der Waals surface area contributed by atoms with Crippen LogP contribution < -0.4 is 0 Å². The maximum absolute atomic E-state index is 12.6. The van der Waals surface area contributed by atoms with E-state index in [9.17, 15) is 9.59 Å². The molecule has 0 aliphatic carbocycles. The van der Waals surface area contributed by atoms with Gasteiger partial charge in [0.15, 0.2) is 11.6 Å². The molecule has 19 heavy (non-hydrogen) atoms. The molecule has 2 heterocycles. The van der Waals surface area contributed by atoms with Crippen LogP contribution in [0.2, 0.25) is 12.6 Å². The molecule has 0 N–H and O–H groups in total. The minimum Gasteiger partial charge on any atom is -0.298 e. The van der Waals surface area contributed by atoms with E-state index in [4.69, 9.17) is 0 Å². The predicted molar refractivity (Wildman–Crippen MR) is 81.2 cm³/mol. The van der Waals surface area contributed by atoms with Gasteiger partial charge in [-0.3, -0.25) is 14.5 Å². The standard InChI is InChI=1S/C14H25B2NO2/c1-3-12(4-2)17-13(18)15-10-8-6-5-7-9-11-16(15)14(17)19/h12H,3-11H2,1-2H3. The molecule has 2 fully saturated rings. The largest absolute Gasteiger partial charge is 0.298 e. The van der Waals surface area contributed by atoms with Gasteiger partial charge in [-0.2, -0.15) is 0 Å². The third-order valence-corrected chi connectivity index (χ3v) is 4.93. The minimum absolute atomic E-state index is 0.00815. The van der Waals surface area contributed by atoms with Gasteiger partial charge in [-0.1, -0.05) is 58.6 Å². The smallest absolute Gasteiger partial charge is 0.233 e. The first kappa shape index (κ1) is 14.7. The van der Waals surface area contributed by atoms with Crippen LogP contribution in [0.25, 0.3) is 0 Å². The Morgan fingerprint density at radius 3 is 1.74 bits per heavy atom. The van der Waals surface area contributed by atoms with Gasteiger partial charge in [-0.05, 0) is 12.8 Å². The molecule has 104 valence electrons. The molecule has 2 aliphatic rings. The zero-order chi connectivity index (χ0) is 13.8. The van der Waals surface area contributed by atoms with Crippen LogP contribution >= 0.6 is 0 Å². The summed E-state index contributed by atoms with van der Waals surface area (Å²) in [6.07, 6.45) is 9.52. The second-order valence-electron chi connectivity index (χ2n) is 6.07. The number of hydrogen-bond acceptors (Lipinski definition) is 2. The fraction of sp³-hybridized carbons (Fsp3) is 0.857. The van der Waals surface area contributed by atoms with Crippen molar-refractivity contribution in [3.05, 3.63) is 0 Å². The SMILES string of the molecule is CCC(CC)N1C(=O)B2CCCCCCCB2C1=O. The van der Waals surface area contributed by atoms with Crippen LogP contribution in [0.1, 0.15) is 58.8 Å². The molecular weight excluding hydrogens is 236 g/mol. The summed E-state index contributed by atoms with van der Waals surface area (Å²) in [5, 5.41) is 0. The lowest BCUT2D eigenvalue weighted by molar-refractivity contribution is 0.196. The molecule has 5 heteroatoms. The van der Waals surface area contributed by atoms with E-state index < -0.39 is 0 Å². The van der Waals surface area contributed by atoms with Gasteiger partial charge in [-0.15, -0.1) is 0 Å². The third-order valence-electron chi connectivity index (χ3n) is 4.93. The molecule has 2 saturated heterocycles. The highest BCUT2D eigenvalue weighted by atomic mass is 16.2. The average molecular weight is 261 g/mol. The number of carbonyl (C=O) groups is 2. The van der Waals surface area contributed by atoms with Crippen LogP contribution in [0.4, 0.5) is 9.59 Å². The molecule has 0 aromatic heterocycles. The third kappa shape index (κ3) is 2.90. The van der Waals surface area contributed by atoms with Crippen molar-refractivity contribution in [2.24, 2.45) is 0 Å². The molecule has 0 atom stereocenters. The molecule has 0 saturated carbocycles. The van der Waals surface area contributed by atoms with E-state index in [0.717, 1.165) is 38.3 Å². The van der Waals surface area contributed by atoms with Gasteiger partial charge in [0.05, 0.1) is 0 Å². The minimum atomic E-state index is -0.00815. The summed E-state index contributed by atoms with van der Waals surface area (Å²) < 4.78 is 0. The normalized spacial score (nSPS) is 21.5. The van der Waals surface area contributed by atoms with Crippen molar-refractivity contribution in [1.82, 2.24) is 4.90 Å². The van der Waals surface area contributed by atoms with Gasteiger partial charge in [0, 0.05) is 6.04 Å². The first-order chi connectivity index (χ1) is 9.20. The lowest BCUT2D eigenvalue weighted by Crippen LogP contribution is -2.40. The van der Waals surface area contributed by atoms with E-state index in [-0.39, 0.29) is 30.9 Å². The summed E-state index contributed by atoms with van der Waals surface area (Å²) in [4.78, 5) is 26.8. The van der Waals surface area contributed by atoms with Gasteiger partial charge in [-0.25, -0.2) is 0 Å². The summed E-state index contributed by atoms with van der Waals surface area (Å²) in [5.41, 5.74) is 0. The first-order valence-corrected chi connectivity index (χ1v) is 8.07. The van der Waals surface area contributed by atoms with Crippen LogP contribution in [-0.4, -0.2) is 35.8 Å². The van der Waals surface area contributed by atoms with Gasteiger partial charge in [0.2, 0.25) is 13.2 Å². The highest BCUT2D eigenvalue weighted by Crippen LogP contribution is 2.28. The zero-order valence-corrected chi connectivity index (χ0v) is 12.4. The van der Waals surface area contributed by atoms with Gasteiger partial charge in [0.1, 0.15) is 0 Å². The number of amides is 2. The van der Waals surface area contributed by atoms with E-state index in [1.54, 1.807) is 4.90 Å². The molecular formula is C14H25B2NO2. The average Bonchev–Trinajstić information content (AvgIpc) is 2.71. The molecule has 2 aliphatic heterocycles. The number of nitrogens with zero attached hydrogens (tertiary/aromatic N) is 1. The molecule has 0 bridgehead atoms. The highest BCUT2D eigenvalue weighted by Gasteiger charge is 2.52. The number of rotatable bonds is 3. The summed E-state index contributed by atoms with van der Waals surface area (Å²) in [7, 11) is 0. The number of fused-ring (bicyclic) bond motifs is 1. The second kappa shape index (κ2) is 6.62. The second-order valence-corrected chi connectivity index (χ2v) is 6.07. The van der Waals surface area contributed by atoms with Crippen LogP contribution in [-0.2, 0) is 0 Å². The Bertz CT molecular complexity index is 318. The molecule has 0 radical (unpaired) electrons. The Morgan fingerprint density at radius 1 is 0.895 bits per heavy atom. The fourth-order valence-electron chi connectivity index (χ4n) is 3.73. The van der Waals surface area contributed by atoms with E-state index >= 15 is 0 Å². The Balaban J connectivity index is 2.18. The molecule has 2 amide bonds. The first-order valence-electron chi connectivity index (χ1n) is 8.07. The Hall–Kier alpha value is -0.730. The van der Waals surface area contributed by atoms with E-state index in [2.05, 4.69) is 13.8 Å². The van der Waals surface area contributed by atoms with Gasteiger partial charge >= 0.3 is 0 Å². The molecule has 3 nitrogen and oxygen atoms in total. The van der Waals surface area contributed by atoms with Crippen molar-refractivity contribution >= 4 is 24.8 Å². The fourth-order valence-corrected chi connectivity index (χ4v) is 3.73. The number of imide groups is 1. The maximum atomic E-state index is 12.6. The van der Waals surface area contributed by atoms with Gasteiger partial charge < -0.3 is 0 Å². The summed E-state index contributed by atoms with van der Waals surface area (Å²) in [6.45, 7) is 4.12. The van der Waals surface area contributed by atoms with Crippen molar-refractivity contribution in [1.29, 1.82) is 0 Å². The summed E-state index contributed by atoms with van der Waals surface area (Å²) >= 11 is 0. The molecule has 0 spiro atoms. The molecule has 0 aromatic rings. The van der Waals surface area contributed by atoms with Crippen LogP contribution in [0.15, 0.2) is 0 Å². The maximum Gasteiger partial charge on any atom is 0.233 e. The van der Waals surface area contributed by atoms with Crippen LogP contribution in [0, 0.1) is 0 Å². The summed E-state index contributed by atoms with van der Waals surface area (Å²) in [5.74, 6) is 0.260. The van der Waals surface area contributed by atoms with Crippen LogP contribution in [0.5, 0.6) is 0 Å². The Labute approximate surface area is 117 Å². The zero-order valence-electron chi connectivity index (χ0n) is 12.4. The predicted octanol–water partition coefficient (Wildman–Crippen LogP) is 3.93. The van der Waals surface area contributed by atoms with Crippen molar-refractivity contribution in [3.8, 4) is 0 Å². The van der Waals surface area contributed by atoms with Crippen LogP contribution in [0.3, 0.4) is 0 Å². The van der Waals surface area contributed by atoms with E-state index in [1.165, 1.54) is 19.3 Å². The van der Waals surface area contributed by atoms with Crippen molar-refractivity contribution < 1.29 is 9.59 Å². The number of hydrogen-bond donors (Lipinski definition) is 0. The van der Waals surface area contributed by atoms with Crippen molar-refractivity contribution in [2.75, 3.05) is 0 Å². The quantitative estimate of drug-likeness (QED) is 0.722.